The van der Waals surface area contributed by atoms with Crippen LogP contribution in [0, 0.1) is 19.7 Å². The Morgan fingerprint density at radius 1 is 0.980 bits per heavy atom. The van der Waals surface area contributed by atoms with Gasteiger partial charge in [-0.2, -0.15) is 5.10 Å². The van der Waals surface area contributed by atoms with Crippen molar-refractivity contribution in [1.29, 1.82) is 0 Å². The summed E-state index contributed by atoms with van der Waals surface area (Å²) in [6.45, 7) is 12.0. The predicted molar refractivity (Wildman–Crippen MR) is 192 cm³/mol. The minimum Gasteiger partial charge on any atom is -0.479 e. The number of piperazine rings is 1. The number of aryl methyl sites for hydroxylation is 5. The number of rotatable bonds is 8. The maximum absolute atomic E-state index is 13.5. The van der Waals surface area contributed by atoms with Gasteiger partial charge in [0.1, 0.15) is 17.2 Å². The van der Waals surface area contributed by atoms with Crippen LogP contribution in [0.1, 0.15) is 66.2 Å². The van der Waals surface area contributed by atoms with Crippen molar-refractivity contribution in [1.82, 2.24) is 24.2 Å². The van der Waals surface area contributed by atoms with Crippen LogP contribution < -0.4 is 4.90 Å². The number of carboxylic acids is 1. The molecule has 11 nitrogen and oxygen atoms in total. The van der Waals surface area contributed by atoms with Gasteiger partial charge in [-0.15, -0.1) is 0 Å². The number of carbonyl (C=O) groups excluding carboxylic acids is 1. The second kappa shape index (κ2) is 15.0. The van der Waals surface area contributed by atoms with Gasteiger partial charge < -0.3 is 29.3 Å². The molecule has 2 aromatic carbocycles. The van der Waals surface area contributed by atoms with Crippen molar-refractivity contribution in [3.63, 3.8) is 0 Å². The Balaban J connectivity index is 0.000000343. The number of carbonyl (C=O) groups is 2. The zero-order chi connectivity index (χ0) is 36.3. The zero-order valence-corrected chi connectivity index (χ0v) is 29.9. The number of nitrogens with zero attached hydrogens (tertiary/aromatic N) is 6. The third kappa shape index (κ3) is 8.14. The molecule has 1 aliphatic heterocycles. The molecule has 12 heteroatoms. The highest BCUT2D eigenvalue weighted by Gasteiger charge is 2.30. The number of aliphatic carboxylic acids is 1. The van der Waals surface area contributed by atoms with E-state index in [2.05, 4.69) is 33.2 Å². The van der Waals surface area contributed by atoms with Gasteiger partial charge in [-0.25, -0.2) is 14.2 Å². The van der Waals surface area contributed by atoms with E-state index in [1.165, 1.54) is 12.1 Å². The summed E-state index contributed by atoms with van der Waals surface area (Å²) in [7, 11) is 3.75. The monoisotopic (exact) mass is 686 g/mol. The molecule has 1 amide bonds. The van der Waals surface area contributed by atoms with E-state index in [0.29, 0.717) is 47.5 Å². The molecule has 1 atom stereocenters. The number of aromatic nitrogens is 4. The van der Waals surface area contributed by atoms with Crippen LogP contribution in [0.5, 0.6) is 0 Å². The first-order valence-corrected chi connectivity index (χ1v) is 16.9. The molecule has 0 saturated carbocycles. The van der Waals surface area contributed by atoms with E-state index < -0.39 is 17.7 Å². The normalized spacial score (nSPS) is 14.2. The number of hydrogen-bond donors (Lipinski definition) is 2. The highest BCUT2D eigenvalue weighted by Crippen LogP contribution is 2.30. The van der Waals surface area contributed by atoms with Crippen LogP contribution in [0.2, 0.25) is 0 Å². The SMILES string of the molecule is Cc1ccc(F)cc1CCCO.Cc1nc2c(cc1[C@H](OC(C)(C)C)C(=O)O)cc(C(=O)N1CCN(c3ccc4c(cnn4C)c3)CC1)n2C. The van der Waals surface area contributed by atoms with Gasteiger partial charge in [0.2, 0.25) is 0 Å². The van der Waals surface area contributed by atoms with Gasteiger partial charge in [0, 0.05) is 74.6 Å². The first-order valence-electron chi connectivity index (χ1n) is 16.9. The average Bonchev–Trinajstić information content (AvgIpc) is 3.61. The van der Waals surface area contributed by atoms with Crippen molar-refractivity contribution < 1.29 is 28.9 Å². The Hall–Kier alpha value is -4.81. The molecule has 5 aromatic rings. The number of hydrogen-bond acceptors (Lipinski definition) is 7. The summed E-state index contributed by atoms with van der Waals surface area (Å²) in [4.78, 5) is 34.4. The summed E-state index contributed by atoms with van der Waals surface area (Å²) >= 11 is 0. The van der Waals surface area contributed by atoms with E-state index in [-0.39, 0.29) is 18.3 Å². The Morgan fingerprint density at radius 2 is 1.70 bits per heavy atom. The van der Waals surface area contributed by atoms with Gasteiger partial charge in [0.15, 0.2) is 6.10 Å². The van der Waals surface area contributed by atoms with Gasteiger partial charge in [0.05, 0.1) is 17.3 Å². The average molecular weight is 687 g/mol. The van der Waals surface area contributed by atoms with Gasteiger partial charge in [-0.1, -0.05) is 6.07 Å². The number of ether oxygens (including phenoxy) is 1. The van der Waals surface area contributed by atoms with Gasteiger partial charge >= 0.3 is 5.97 Å². The van der Waals surface area contributed by atoms with Crippen molar-refractivity contribution >= 4 is 39.5 Å². The number of benzene rings is 2. The van der Waals surface area contributed by atoms with Gasteiger partial charge in [-0.3, -0.25) is 9.48 Å². The van der Waals surface area contributed by atoms with Crippen LogP contribution in [0.4, 0.5) is 10.1 Å². The molecule has 2 N–H and O–H groups in total. The number of aliphatic hydroxyl groups excluding tert-OH is 1. The van der Waals surface area contributed by atoms with E-state index in [9.17, 15) is 19.1 Å². The van der Waals surface area contributed by atoms with Crippen molar-refractivity contribution in [3.8, 4) is 0 Å². The molecular weight excluding hydrogens is 639 g/mol. The lowest BCUT2D eigenvalue weighted by atomic mass is 10.0. The number of pyridine rings is 1. The number of aliphatic hydroxyl groups is 1. The first kappa shape index (κ1) is 36.5. The Morgan fingerprint density at radius 3 is 2.36 bits per heavy atom. The topological polar surface area (TPSA) is 126 Å². The molecule has 1 saturated heterocycles. The van der Waals surface area contributed by atoms with E-state index >= 15 is 0 Å². The van der Waals surface area contributed by atoms with Crippen LogP contribution in [0.3, 0.4) is 0 Å². The van der Waals surface area contributed by atoms with E-state index in [4.69, 9.17) is 9.84 Å². The molecule has 0 spiro atoms. The van der Waals surface area contributed by atoms with E-state index in [0.717, 1.165) is 47.2 Å². The Kier molecular flexibility index (Phi) is 10.9. The fourth-order valence-electron chi connectivity index (χ4n) is 6.28. The van der Waals surface area contributed by atoms with Crippen LogP contribution in [0.15, 0.2) is 54.7 Å². The van der Waals surface area contributed by atoms with Gasteiger partial charge in [-0.05, 0) is 101 Å². The lowest BCUT2D eigenvalue weighted by molar-refractivity contribution is -0.160. The van der Waals surface area contributed by atoms with E-state index in [1.807, 2.05) is 57.6 Å². The fraction of sp³-hybridized carbons (Fsp3) is 0.421. The molecule has 3 aromatic heterocycles. The van der Waals surface area contributed by atoms with Crippen molar-refractivity contribution in [3.05, 3.63) is 88.6 Å². The molecule has 0 bridgehead atoms. The predicted octanol–water partition coefficient (Wildman–Crippen LogP) is 5.73. The van der Waals surface area contributed by atoms with Crippen LogP contribution in [-0.2, 0) is 30.0 Å². The molecule has 0 unspecified atom stereocenters. The molecule has 1 fully saturated rings. The highest BCUT2D eigenvalue weighted by molar-refractivity contribution is 5.98. The number of fused-ring (bicyclic) bond motifs is 2. The molecule has 0 aliphatic carbocycles. The lowest BCUT2D eigenvalue weighted by Gasteiger charge is -2.36. The standard InChI is InChI=1S/C28H34N6O4.C10H13FO/c1-17-21(24(27(36)37)38-28(2,3)4)14-18-15-23(31(5)25(18)30-17)26(35)34-11-9-33(10-12-34)20-7-8-22-19(13-20)16-29-32(22)6;1-8-4-5-10(11)7-9(8)3-2-6-12/h7-8,13-16,24H,9-12H2,1-6H3,(H,36,37);4-5,7,12H,2-3,6H2,1H3/t24-;/m0./s1. The second-order valence-corrected chi connectivity index (χ2v) is 13.8. The van der Waals surface area contributed by atoms with Crippen LogP contribution in [-0.4, -0.2) is 84.7 Å². The summed E-state index contributed by atoms with van der Waals surface area (Å²) in [5.74, 6) is -1.33. The third-order valence-corrected chi connectivity index (χ3v) is 9.01. The minimum absolute atomic E-state index is 0.0622. The largest absolute Gasteiger partial charge is 0.479 e. The van der Waals surface area contributed by atoms with Gasteiger partial charge in [0.25, 0.3) is 5.91 Å². The first-order chi connectivity index (χ1) is 23.7. The molecule has 6 rings (SSSR count). The maximum atomic E-state index is 13.5. The summed E-state index contributed by atoms with van der Waals surface area (Å²) in [5.41, 5.74) is 5.86. The Labute approximate surface area is 291 Å². The molecule has 1 aliphatic rings. The summed E-state index contributed by atoms with van der Waals surface area (Å²) in [6.07, 6.45) is 2.17. The van der Waals surface area contributed by atoms with Crippen LogP contribution in [0.25, 0.3) is 21.9 Å². The fourth-order valence-corrected chi connectivity index (χ4v) is 6.28. The quantitative estimate of drug-likeness (QED) is 0.212. The van der Waals surface area contributed by atoms with Crippen molar-refractivity contribution in [2.45, 2.75) is 59.2 Å². The number of anilines is 1. The minimum atomic E-state index is -1.15. The number of halogens is 1. The summed E-state index contributed by atoms with van der Waals surface area (Å²) in [6, 6.07) is 14.7. The van der Waals surface area contributed by atoms with Crippen molar-refractivity contribution in [2.75, 3.05) is 37.7 Å². The van der Waals surface area contributed by atoms with Crippen LogP contribution >= 0.6 is 0 Å². The molecular formula is C38H47FN6O5. The van der Waals surface area contributed by atoms with E-state index in [1.54, 1.807) is 29.7 Å². The maximum Gasteiger partial charge on any atom is 0.337 e. The Bertz CT molecular complexity index is 2000. The van der Waals surface area contributed by atoms with Crippen molar-refractivity contribution in [2.24, 2.45) is 14.1 Å². The zero-order valence-electron chi connectivity index (χ0n) is 29.9. The highest BCUT2D eigenvalue weighted by atomic mass is 19.1. The number of amides is 1. The summed E-state index contributed by atoms with van der Waals surface area (Å²) < 4.78 is 22.2. The smallest absolute Gasteiger partial charge is 0.337 e. The molecule has 0 radical (unpaired) electrons. The number of carboxylic acid groups (broad SMARTS) is 1. The molecule has 50 heavy (non-hydrogen) atoms. The molecule has 266 valence electrons. The summed E-state index contributed by atoms with van der Waals surface area (Å²) in [5, 5.41) is 24.6. The molecule has 4 heterocycles. The third-order valence-electron chi connectivity index (χ3n) is 9.01. The second-order valence-electron chi connectivity index (χ2n) is 13.8. The lowest BCUT2D eigenvalue weighted by Crippen LogP contribution is -2.49.